The summed E-state index contributed by atoms with van der Waals surface area (Å²) in [6.45, 7) is 4.27. The summed E-state index contributed by atoms with van der Waals surface area (Å²) < 4.78 is 6.96. The summed E-state index contributed by atoms with van der Waals surface area (Å²) >= 11 is 0. The number of amides is 1. The van der Waals surface area contributed by atoms with Gasteiger partial charge < -0.3 is 10.1 Å². The lowest BCUT2D eigenvalue weighted by atomic mass is 10.1. The molecule has 4 rings (SSSR count). The molecule has 1 fully saturated rings. The molecule has 128 valence electrons. The maximum atomic E-state index is 12.6. The minimum Gasteiger partial charge on any atom is -0.379 e. The highest BCUT2D eigenvalue weighted by molar-refractivity contribution is 6.08. The standard InChI is InChI=1S/C18H19N5O2/c24-18(16-12-20-23-6-2-5-19-17(16)23)21-15-4-1-3-14(11-15)13-22-7-9-25-10-8-22/h1-6,11-12H,7-10,13H2,(H,21,24). The Kier molecular flexibility index (Phi) is 4.41. The smallest absolute Gasteiger partial charge is 0.261 e. The van der Waals surface area contributed by atoms with Gasteiger partial charge in [-0.3, -0.25) is 9.69 Å². The highest BCUT2D eigenvalue weighted by Gasteiger charge is 2.15. The van der Waals surface area contributed by atoms with Crippen LogP contribution >= 0.6 is 0 Å². The van der Waals surface area contributed by atoms with E-state index in [-0.39, 0.29) is 5.91 Å². The number of nitrogens with one attached hydrogen (secondary N) is 1. The first kappa shape index (κ1) is 15.7. The van der Waals surface area contributed by atoms with Crippen molar-refractivity contribution in [2.24, 2.45) is 0 Å². The highest BCUT2D eigenvalue weighted by Crippen LogP contribution is 2.16. The first-order valence-corrected chi connectivity index (χ1v) is 8.28. The molecule has 1 aliphatic heterocycles. The second kappa shape index (κ2) is 7.00. The van der Waals surface area contributed by atoms with Crippen molar-refractivity contribution in [3.63, 3.8) is 0 Å². The molecule has 1 aromatic carbocycles. The normalized spacial score (nSPS) is 15.4. The first-order chi connectivity index (χ1) is 12.3. The number of hydrogen-bond acceptors (Lipinski definition) is 5. The predicted molar refractivity (Wildman–Crippen MR) is 93.5 cm³/mol. The molecule has 0 bridgehead atoms. The third-order valence-corrected chi connectivity index (χ3v) is 4.22. The van der Waals surface area contributed by atoms with Crippen LogP contribution < -0.4 is 5.32 Å². The lowest BCUT2D eigenvalue weighted by Gasteiger charge is -2.26. The number of nitrogens with zero attached hydrogens (tertiary/aromatic N) is 4. The van der Waals surface area contributed by atoms with Crippen LogP contribution in [-0.2, 0) is 11.3 Å². The third kappa shape index (κ3) is 3.52. The van der Waals surface area contributed by atoms with E-state index in [1.165, 1.54) is 6.20 Å². The molecule has 2 aromatic heterocycles. The van der Waals surface area contributed by atoms with Crippen LogP contribution in [0, 0.1) is 0 Å². The molecule has 1 aliphatic rings. The Morgan fingerprint density at radius 3 is 3.00 bits per heavy atom. The zero-order valence-electron chi connectivity index (χ0n) is 13.8. The molecule has 25 heavy (non-hydrogen) atoms. The number of carbonyl (C=O) groups is 1. The van der Waals surface area contributed by atoms with Gasteiger partial charge in [-0.25, -0.2) is 9.50 Å². The SMILES string of the molecule is O=C(Nc1cccc(CN2CCOCC2)c1)c1cnn2cccnc12. The fourth-order valence-electron chi connectivity index (χ4n) is 2.95. The summed E-state index contributed by atoms with van der Waals surface area (Å²) in [5.41, 5.74) is 2.94. The summed E-state index contributed by atoms with van der Waals surface area (Å²) in [6, 6.07) is 9.70. The summed E-state index contributed by atoms with van der Waals surface area (Å²) in [5.74, 6) is -0.211. The molecular formula is C18H19N5O2. The molecule has 1 saturated heterocycles. The van der Waals surface area contributed by atoms with Crippen molar-refractivity contribution in [1.29, 1.82) is 0 Å². The monoisotopic (exact) mass is 337 g/mol. The molecule has 3 aromatic rings. The van der Waals surface area contributed by atoms with E-state index < -0.39 is 0 Å². The zero-order chi connectivity index (χ0) is 17.1. The number of fused-ring (bicyclic) bond motifs is 1. The number of hydrogen-bond donors (Lipinski definition) is 1. The number of anilines is 1. The maximum absolute atomic E-state index is 12.6. The van der Waals surface area contributed by atoms with Crippen LogP contribution in [0.3, 0.4) is 0 Å². The van der Waals surface area contributed by atoms with E-state index in [9.17, 15) is 4.79 Å². The summed E-state index contributed by atoms with van der Waals surface area (Å²) in [5, 5.41) is 7.09. The van der Waals surface area contributed by atoms with Crippen molar-refractivity contribution >= 4 is 17.2 Å². The number of benzene rings is 1. The lowest BCUT2D eigenvalue weighted by Crippen LogP contribution is -2.35. The highest BCUT2D eigenvalue weighted by atomic mass is 16.5. The van der Waals surface area contributed by atoms with E-state index >= 15 is 0 Å². The molecule has 0 spiro atoms. The van der Waals surface area contributed by atoms with E-state index in [0.29, 0.717) is 11.2 Å². The van der Waals surface area contributed by atoms with Crippen LogP contribution in [0.5, 0.6) is 0 Å². The molecule has 0 unspecified atom stereocenters. The minimum absolute atomic E-state index is 0.211. The van der Waals surface area contributed by atoms with Gasteiger partial charge in [0.15, 0.2) is 5.65 Å². The fraction of sp³-hybridized carbons (Fsp3) is 0.278. The van der Waals surface area contributed by atoms with Crippen molar-refractivity contribution in [1.82, 2.24) is 19.5 Å². The van der Waals surface area contributed by atoms with Crippen molar-refractivity contribution in [3.8, 4) is 0 Å². The number of carbonyl (C=O) groups excluding carboxylic acids is 1. The van der Waals surface area contributed by atoms with E-state index in [1.54, 1.807) is 23.0 Å². The van der Waals surface area contributed by atoms with Gasteiger partial charge in [0.25, 0.3) is 5.91 Å². The van der Waals surface area contributed by atoms with Crippen LogP contribution in [-0.4, -0.2) is 51.7 Å². The number of aromatic nitrogens is 3. The van der Waals surface area contributed by atoms with Gasteiger partial charge >= 0.3 is 0 Å². The van der Waals surface area contributed by atoms with Crippen LogP contribution in [0.4, 0.5) is 5.69 Å². The Morgan fingerprint density at radius 1 is 1.24 bits per heavy atom. The van der Waals surface area contributed by atoms with Gasteiger partial charge in [0.05, 0.1) is 19.4 Å². The van der Waals surface area contributed by atoms with Gasteiger partial charge in [-0.2, -0.15) is 5.10 Å². The first-order valence-electron chi connectivity index (χ1n) is 8.28. The number of morpholine rings is 1. The van der Waals surface area contributed by atoms with Gasteiger partial charge in [-0.05, 0) is 23.8 Å². The Bertz CT molecular complexity index is 886. The molecule has 7 nitrogen and oxygen atoms in total. The summed E-state index contributed by atoms with van der Waals surface area (Å²) in [7, 11) is 0. The minimum atomic E-state index is -0.211. The average molecular weight is 337 g/mol. The second-order valence-corrected chi connectivity index (χ2v) is 5.99. The second-order valence-electron chi connectivity index (χ2n) is 5.99. The quantitative estimate of drug-likeness (QED) is 0.786. The molecule has 0 saturated carbocycles. The Hall–Kier alpha value is -2.77. The van der Waals surface area contributed by atoms with Crippen molar-refractivity contribution < 1.29 is 9.53 Å². The maximum Gasteiger partial charge on any atom is 0.261 e. The summed E-state index contributed by atoms with van der Waals surface area (Å²) in [4.78, 5) is 19.1. The molecule has 3 heterocycles. The average Bonchev–Trinajstić information content (AvgIpc) is 3.07. The van der Waals surface area contributed by atoms with Crippen molar-refractivity contribution in [2.45, 2.75) is 6.54 Å². The van der Waals surface area contributed by atoms with Crippen LogP contribution in [0.2, 0.25) is 0 Å². The van der Waals surface area contributed by atoms with Gasteiger partial charge in [0, 0.05) is 37.7 Å². The Balaban J connectivity index is 1.48. The zero-order valence-corrected chi connectivity index (χ0v) is 13.8. The van der Waals surface area contributed by atoms with E-state index in [1.807, 2.05) is 18.2 Å². The lowest BCUT2D eigenvalue weighted by molar-refractivity contribution is 0.0342. The van der Waals surface area contributed by atoms with Crippen LogP contribution in [0.15, 0.2) is 48.9 Å². The van der Waals surface area contributed by atoms with Gasteiger partial charge in [-0.1, -0.05) is 12.1 Å². The Labute approximate surface area is 145 Å². The van der Waals surface area contributed by atoms with E-state index in [0.717, 1.165) is 44.1 Å². The van der Waals surface area contributed by atoms with E-state index in [2.05, 4.69) is 26.4 Å². The predicted octanol–water partition coefficient (Wildman–Crippen LogP) is 1.81. The van der Waals surface area contributed by atoms with Crippen LogP contribution in [0.25, 0.3) is 5.65 Å². The molecule has 0 radical (unpaired) electrons. The Morgan fingerprint density at radius 2 is 2.12 bits per heavy atom. The van der Waals surface area contributed by atoms with Gasteiger partial charge in [0.2, 0.25) is 0 Å². The van der Waals surface area contributed by atoms with E-state index in [4.69, 9.17) is 4.74 Å². The molecule has 0 aliphatic carbocycles. The van der Waals surface area contributed by atoms with Crippen LogP contribution in [0.1, 0.15) is 15.9 Å². The fourth-order valence-corrected chi connectivity index (χ4v) is 2.95. The van der Waals surface area contributed by atoms with Crippen molar-refractivity contribution in [3.05, 3.63) is 60.0 Å². The molecule has 1 N–H and O–H groups in total. The van der Waals surface area contributed by atoms with Gasteiger partial charge in [-0.15, -0.1) is 0 Å². The summed E-state index contributed by atoms with van der Waals surface area (Å²) in [6.07, 6.45) is 4.95. The molecule has 7 heteroatoms. The molecular weight excluding hydrogens is 318 g/mol. The molecule has 0 atom stereocenters. The van der Waals surface area contributed by atoms with Crippen molar-refractivity contribution in [2.75, 3.05) is 31.6 Å². The topological polar surface area (TPSA) is 71.8 Å². The number of rotatable bonds is 4. The number of ether oxygens (including phenoxy) is 1. The third-order valence-electron chi connectivity index (χ3n) is 4.22. The van der Waals surface area contributed by atoms with Gasteiger partial charge in [0.1, 0.15) is 5.56 Å². The largest absolute Gasteiger partial charge is 0.379 e. The molecule has 1 amide bonds.